The standard InChI is InChI=1S/C15H26/c1-5-15(13(4)11-12(2)3)14-9-7-6-8-10-14/h7,9-10,12-13,15H,5-6,8,11H2,1-4H3. The van der Waals surface area contributed by atoms with Gasteiger partial charge in [-0.2, -0.15) is 0 Å². The Balaban J connectivity index is 2.61. The fourth-order valence-electron chi connectivity index (χ4n) is 2.78. The van der Waals surface area contributed by atoms with Gasteiger partial charge in [-0.15, -0.1) is 0 Å². The van der Waals surface area contributed by atoms with Crippen LogP contribution >= 0.6 is 0 Å². The second-order valence-electron chi connectivity index (χ2n) is 5.31. The highest BCUT2D eigenvalue weighted by atomic mass is 14.2. The van der Waals surface area contributed by atoms with Gasteiger partial charge in [0.25, 0.3) is 0 Å². The molecule has 1 aliphatic carbocycles. The van der Waals surface area contributed by atoms with E-state index in [2.05, 4.69) is 45.9 Å². The molecule has 0 saturated carbocycles. The van der Waals surface area contributed by atoms with E-state index in [4.69, 9.17) is 0 Å². The Bertz CT molecular complexity index is 232. The molecule has 2 atom stereocenters. The normalized spacial score (nSPS) is 20.2. The van der Waals surface area contributed by atoms with E-state index >= 15 is 0 Å². The van der Waals surface area contributed by atoms with Crippen molar-refractivity contribution in [3.8, 4) is 0 Å². The van der Waals surface area contributed by atoms with Crippen LogP contribution in [0.15, 0.2) is 23.8 Å². The van der Waals surface area contributed by atoms with Crippen molar-refractivity contribution in [3.05, 3.63) is 23.8 Å². The molecule has 0 aromatic rings. The summed E-state index contributed by atoms with van der Waals surface area (Å²) in [6, 6.07) is 0. The lowest BCUT2D eigenvalue weighted by Gasteiger charge is -2.26. The second-order valence-corrected chi connectivity index (χ2v) is 5.31. The van der Waals surface area contributed by atoms with Crippen LogP contribution in [0, 0.1) is 17.8 Å². The van der Waals surface area contributed by atoms with E-state index in [1.807, 2.05) is 0 Å². The molecule has 0 heteroatoms. The zero-order valence-electron chi connectivity index (χ0n) is 10.8. The average molecular weight is 206 g/mol. The van der Waals surface area contributed by atoms with Crippen molar-refractivity contribution in [3.63, 3.8) is 0 Å². The molecule has 0 aromatic carbocycles. The van der Waals surface area contributed by atoms with Crippen molar-refractivity contribution in [1.82, 2.24) is 0 Å². The van der Waals surface area contributed by atoms with Gasteiger partial charge in [-0.25, -0.2) is 0 Å². The van der Waals surface area contributed by atoms with Crippen molar-refractivity contribution in [2.45, 2.75) is 53.4 Å². The van der Waals surface area contributed by atoms with Crippen LogP contribution in [0.1, 0.15) is 53.4 Å². The van der Waals surface area contributed by atoms with E-state index in [0.717, 1.165) is 17.8 Å². The minimum Gasteiger partial charge on any atom is -0.0840 e. The lowest BCUT2D eigenvalue weighted by atomic mass is 9.79. The maximum Gasteiger partial charge on any atom is -0.0142 e. The third-order valence-electron chi connectivity index (χ3n) is 3.42. The van der Waals surface area contributed by atoms with E-state index < -0.39 is 0 Å². The van der Waals surface area contributed by atoms with Crippen LogP contribution in [-0.2, 0) is 0 Å². The van der Waals surface area contributed by atoms with Crippen molar-refractivity contribution in [2.75, 3.05) is 0 Å². The third-order valence-corrected chi connectivity index (χ3v) is 3.42. The summed E-state index contributed by atoms with van der Waals surface area (Å²) in [7, 11) is 0. The van der Waals surface area contributed by atoms with E-state index in [1.54, 1.807) is 5.57 Å². The number of allylic oxidation sites excluding steroid dienone is 4. The summed E-state index contributed by atoms with van der Waals surface area (Å²) >= 11 is 0. The van der Waals surface area contributed by atoms with Gasteiger partial charge in [0, 0.05) is 0 Å². The van der Waals surface area contributed by atoms with Gasteiger partial charge in [-0.3, -0.25) is 0 Å². The summed E-state index contributed by atoms with van der Waals surface area (Å²) in [6.07, 6.45) is 12.3. The lowest BCUT2D eigenvalue weighted by Crippen LogP contribution is -2.15. The highest BCUT2D eigenvalue weighted by Crippen LogP contribution is 2.31. The van der Waals surface area contributed by atoms with Crippen molar-refractivity contribution in [2.24, 2.45) is 17.8 Å². The molecule has 1 rings (SSSR count). The molecule has 86 valence electrons. The Labute approximate surface area is 95.5 Å². The molecule has 0 heterocycles. The van der Waals surface area contributed by atoms with Gasteiger partial charge >= 0.3 is 0 Å². The Morgan fingerprint density at radius 3 is 2.40 bits per heavy atom. The minimum atomic E-state index is 0.781. The van der Waals surface area contributed by atoms with Crippen LogP contribution in [0.3, 0.4) is 0 Å². The number of hydrogen-bond acceptors (Lipinski definition) is 0. The zero-order valence-corrected chi connectivity index (χ0v) is 10.8. The van der Waals surface area contributed by atoms with E-state index in [9.17, 15) is 0 Å². The molecule has 0 aliphatic heterocycles. The van der Waals surface area contributed by atoms with Gasteiger partial charge in [-0.1, -0.05) is 45.9 Å². The van der Waals surface area contributed by atoms with Gasteiger partial charge in [-0.05, 0) is 49.0 Å². The summed E-state index contributed by atoms with van der Waals surface area (Å²) in [5, 5.41) is 0. The molecule has 2 unspecified atom stereocenters. The van der Waals surface area contributed by atoms with E-state index in [-0.39, 0.29) is 0 Å². The third kappa shape index (κ3) is 3.85. The van der Waals surface area contributed by atoms with Crippen LogP contribution in [0.4, 0.5) is 0 Å². The van der Waals surface area contributed by atoms with Gasteiger partial charge in [0.05, 0.1) is 0 Å². The molecule has 1 aliphatic rings. The predicted octanol–water partition coefficient (Wildman–Crippen LogP) is 4.97. The molecule has 15 heavy (non-hydrogen) atoms. The monoisotopic (exact) mass is 206 g/mol. The molecule has 0 saturated heterocycles. The van der Waals surface area contributed by atoms with Gasteiger partial charge in [0.2, 0.25) is 0 Å². The number of hydrogen-bond donors (Lipinski definition) is 0. The van der Waals surface area contributed by atoms with Crippen LogP contribution in [0.25, 0.3) is 0 Å². The maximum absolute atomic E-state index is 2.45. The first-order chi connectivity index (χ1) is 7.15. The predicted molar refractivity (Wildman–Crippen MR) is 68.9 cm³/mol. The molecule has 0 radical (unpaired) electrons. The Morgan fingerprint density at radius 2 is 1.93 bits per heavy atom. The smallest absolute Gasteiger partial charge is 0.0142 e. The summed E-state index contributed by atoms with van der Waals surface area (Å²) in [4.78, 5) is 0. The fraction of sp³-hybridized carbons (Fsp3) is 0.733. The molecular formula is C15H26. The first-order valence-corrected chi connectivity index (χ1v) is 6.51. The molecule has 0 N–H and O–H groups in total. The number of rotatable bonds is 5. The molecule has 0 amide bonds. The molecule has 0 aromatic heterocycles. The molecule has 0 nitrogen and oxygen atoms in total. The molecule has 0 fully saturated rings. The highest BCUT2D eigenvalue weighted by molar-refractivity contribution is 5.25. The van der Waals surface area contributed by atoms with Gasteiger partial charge in [0.15, 0.2) is 0 Å². The van der Waals surface area contributed by atoms with Crippen LogP contribution in [-0.4, -0.2) is 0 Å². The quantitative estimate of drug-likeness (QED) is 0.595. The van der Waals surface area contributed by atoms with Crippen molar-refractivity contribution >= 4 is 0 Å². The van der Waals surface area contributed by atoms with Gasteiger partial charge < -0.3 is 0 Å². The average Bonchev–Trinajstić information content (AvgIpc) is 2.19. The van der Waals surface area contributed by atoms with Crippen LogP contribution in [0.5, 0.6) is 0 Å². The van der Waals surface area contributed by atoms with Gasteiger partial charge in [0.1, 0.15) is 0 Å². The van der Waals surface area contributed by atoms with Crippen molar-refractivity contribution in [1.29, 1.82) is 0 Å². The van der Waals surface area contributed by atoms with Crippen LogP contribution < -0.4 is 0 Å². The zero-order chi connectivity index (χ0) is 11.3. The Kier molecular flexibility index (Phi) is 5.14. The Hall–Kier alpha value is -0.520. The van der Waals surface area contributed by atoms with Crippen molar-refractivity contribution < 1.29 is 0 Å². The SMILES string of the molecule is CCC(C1=CCCC=C1)C(C)CC(C)C. The lowest BCUT2D eigenvalue weighted by molar-refractivity contribution is 0.335. The van der Waals surface area contributed by atoms with E-state index in [1.165, 1.54) is 25.7 Å². The summed E-state index contributed by atoms with van der Waals surface area (Å²) in [5.41, 5.74) is 1.59. The van der Waals surface area contributed by atoms with E-state index in [0.29, 0.717) is 0 Å². The minimum absolute atomic E-state index is 0.781. The van der Waals surface area contributed by atoms with Crippen LogP contribution in [0.2, 0.25) is 0 Å². The Morgan fingerprint density at radius 1 is 1.20 bits per heavy atom. The summed E-state index contributed by atoms with van der Waals surface area (Å²) in [5.74, 6) is 2.43. The molecule has 0 bridgehead atoms. The fourth-order valence-corrected chi connectivity index (χ4v) is 2.78. The first kappa shape index (κ1) is 12.5. The molecule has 0 spiro atoms. The summed E-state index contributed by atoms with van der Waals surface area (Å²) in [6.45, 7) is 9.39. The highest BCUT2D eigenvalue weighted by Gasteiger charge is 2.19. The largest absolute Gasteiger partial charge is 0.0840 e. The molecular weight excluding hydrogens is 180 g/mol. The maximum atomic E-state index is 2.45. The summed E-state index contributed by atoms with van der Waals surface area (Å²) < 4.78 is 0. The second kappa shape index (κ2) is 6.15. The first-order valence-electron chi connectivity index (χ1n) is 6.51. The topological polar surface area (TPSA) is 0 Å².